The summed E-state index contributed by atoms with van der Waals surface area (Å²) < 4.78 is 1.97. The topological polar surface area (TPSA) is 51.6 Å². The molecular weight excluding hydrogens is 657 g/mol. The van der Waals surface area contributed by atoms with E-state index in [4.69, 9.17) is 19.9 Å². The summed E-state index contributed by atoms with van der Waals surface area (Å²) >= 11 is -0.889. The molecule has 2 heterocycles. The van der Waals surface area contributed by atoms with Crippen molar-refractivity contribution >= 4 is 8.68 Å². The zero-order valence-corrected chi connectivity index (χ0v) is 24.6. The molecule has 0 N–H and O–H groups in total. The molecule has 4 aliphatic carbocycles. The Hall–Kier alpha value is -2.75. The molecule has 0 radical (unpaired) electrons. The van der Waals surface area contributed by atoms with Gasteiger partial charge in [0.25, 0.3) is 0 Å². The molecule has 2 aromatic heterocycles. The Morgan fingerprint density at radius 1 is 0.513 bits per heavy atom. The van der Waals surface area contributed by atoms with E-state index < -0.39 is 17.7 Å². The Kier molecular flexibility index (Phi) is 6.18. The second kappa shape index (κ2) is 10.0. The molecule has 4 aromatic rings. The third-order valence-electron chi connectivity index (χ3n) is 9.94. The molecule has 39 heavy (non-hydrogen) atoms. The van der Waals surface area contributed by atoms with E-state index in [2.05, 4.69) is 72.8 Å². The van der Waals surface area contributed by atoms with Crippen molar-refractivity contribution in [3.05, 3.63) is 84.2 Å². The number of benzene rings is 2. The van der Waals surface area contributed by atoms with Gasteiger partial charge in [-0.25, -0.2) is 0 Å². The monoisotopic (exact) mass is 691 g/mol. The van der Waals surface area contributed by atoms with Crippen LogP contribution in [0.2, 0.25) is 0 Å². The molecule has 0 amide bonds. The zero-order chi connectivity index (χ0) is 25.8. The van der Waals surface area contributed by atoms with E-state index in [1.54, 1.807) is 0 Å². The van der Waals surface area contributed by atoms with E-state index in [1.165, 1.54) is 73.9 Å². The molecule has 0 aliphatic heterocycles. The van der Waals surface area contributed by atoms with Crippen molar-refractivity contribution in [1.29, 1.82) is 0 Å². The minimum absolute atomic E-state index is 0.584. The SMILES string of the molecule is c1ccc(-c2cc(C3CC4CCC3C4)n[c]([Ir+][c]3nc(-c4ccccc4)cc(C4CC5CCC4C5)n3)n2)cc1. The molecule has 4 fully saturated rings. The maximum absolute atomic E-state index is 5.29. The molecular formula is C34H34IrN4+. The summed E-state index contributed by atoms with van der Waals surface area (Å²) in [5.74, 6) is 4.54. The molecule has 8 rings (SSSR count). The van der Waals surface area contributed by atoms with Crippen molar-refractivity contribution in [2.24, 2.45) is 23.7 Å². The van der Waals surface area contributed by atoms with Crippen molar-refractivity contribution in [1.82, 2.24) is 19.9 Å². The average Bonchev–Trinajstić information content (AvgIpc) is 3.81. The Balaban J connectivity index is 1.19. The number of rotatable bonds is 6. The third kappa shape index (κ3) is 4.68. The normalized spacial score (nSPS) is 28.9. The molecule has 6 unspecified atom stereocenters. The first-order chi connectivity index (χ1) is 19.2. The van der Waals surface area contributed by atoms with Crippen molar-refractivity contribution < 1.29 is 17.7 Å². The summed E-state index contributed by atoms with van der Waals surface area (Å²) in [5, 5.41) is 0. The Morgan fingerprint density at radius 3 is 1.36 bits per heavy atom. The number of hydrogen-bond acceptors (Lipinski definition) is 4. The van der Waals surface area contributed by atoms with Crippen LogP contribution in [0.25, 0.3) is 22.5 Å². The predicted octanol–water partition coefficient (Wildman–Crippen LogP) is 6.44. The fourth-order valence-electron chi connectivity index (χ4n) is 8.10. The van der Waals surface area contributed by atoms with Crippen molar-refractivity contribution in [3.63, 3.8) is 0 Å². The molecule has 2 aromatic carbocycles. The fraction of sp³-hybridized carbons (Fsp3) is 0.412. The van der Waals surface area contributed by atoms with Gasteiger partial charge in [0.15, 0.2) is 0 Å². The second-order valence-electron chi connectivity index (χ2n) is 12.2. The number of aromatic nitrogens is 4. The van der Waals surface area contributed by atoms with Gasteiger partial charge in [-0.3, -0.25) is 0 Å². The summed E-state index contributed by atoms with van der Waals surface area (Å²) in [6, 6.07) is 25.9. The molecule has 4 nitrogen and oxygen atoms in total. The minimum atomic E-state index is -0.889. The van der Waals surface area contributed by atoms with Gasteiger partial charge in [-0.05, 0) is 0 Å². The Labute approximate surface area is 239 Å². The summed E-state index contributed by atoms with van der Waals surface area (Å²) in [4.78, 5) is 20.9. The van der Waals surface area contributed by atoms with Crippen LogP contribution in [0.15, 0.2) is 72.8 Å². The Morgan fingerprint density at radius 2 is 0.974 bits per heavy atom. The van der Waals surface area contributed by atoms with Crippen LogP contribution in [0.5, 0.6) is 0 Å². The van der Waals surface area contributed by atoms with E-state index in [-0.39, 0.29) is 0 Å². The maximum atomic E-state index is 5.29. The quantitative estimate of drug-likeness (QED) is 0.234. The van der Waals surface area contributed by atoms with Gasteiger partial charge in [0.1, 0.15) is 0 Å². The van der Waals surface area contributed by atoms with E-state index in [1.807, 2.05) is 0 Å². The summed E-state index contributed by atoms with van der Waals surface area (Å²) in [5.41, 5.74) is 7.02. The number of hydrogen-bond donors (Lipinski definition) is 0. The molecule has 4 aliphatic rings. The fourth-order valence-corrected chi connectivity index (χ4v) is 10.3. The van der Waals surface area contributed by atoms with E-state index in [0.717, 1.165) is 43.7 Å². The van der Waals surface area contributed by atoms with Crippen LogP contribution in [0, 0.1) is 23.7 Å². The summed E-state index contributed by atoms with van der Waals surface area (Å²) in [6.07, 6.45) is 10.9. The number of nitrogens with zero attached hydrogens (tertiary/aromatic N) is 4. The standard InChI is InChI=1S/2C17H17N2.Ir/c2*1-2-4-13(5-3-1)16-10-17(19-11-18-16)15-9-12-6-7-14(15)8-12;/h2*1-5,10,12,14-15H,6-9H2;/q;;+1. The van der Waals surface area contributed by atoms with Gasteiger partial charge in [0.05, 0.1) is 0 Å². The summed E-state index contributed by atoms with van der Waals surface area (Å²) in [6.45, 7) is 0. The van der Waals surface area contributed by atoms with Crippen LogP contribution < -0.4 is 8.68 Å². The predicted molar refractivity (Wildman–Crippen MR) is 151 cm³/mol. The zero-order valence-electron chi connectivity index (χ0n) is 22.2. The molecule has 0 saturated heterocycles. The van der Waals surface area contributed by atoms with Crippen LogP contribution in [0.3, 0.4) is 0 Å². The molecule has 5 heteroatoms. The first kappa shape index (κ1) is 24.1. The van der Waals surface area contributed by atoms with Gasteiger partial charge < -0.3 is 0 Å². The molecule has 198 valence electrons. The van der Waals surface area contributed by atoms with Crippen LogP contribution in [0.4, 0.5) is 0 Å². The van der Waals surface area contributed by atoms with Gasteiger partial charge in [0, 0.05) is 0 Å². The third-order valence-corrected chi connectivity index (χ3v) is 12.1. The van der Waals surface area contributed by atoms with Crippen LogP contribution in [-0.4, -0.2) is 19.9 Å². The van der Waals surface area contributed by atoms with Crippen molar-refractivity contribution in [2.45, 2.75) is 63.2 Å². The van der Waals surface area contributed by atoms with Crippen LogP contribution >= 0.6 is 0 Å². The van der Waals surface area contributed by atoms with E-state index in [9.17, 15) is 0 Å². The first-order valence-electron chi connectivity index (χ1n) is 14.7. The van der Waals surface area contributed by atoms with Crippen molar-refractivity contribution in [3.8, 4) is 22.5 Å². The van der Waals surface area contributed by atoms with Crippen LogP contribution in [0.1, 0.15) is 74.6 Å². The van der Waals surface area contributed by atoms with Gasteiger partial charge in [-0.2, -0.15) is 0 Å². The molecule has 4 bridgehead atoms. The van der Waals surface area contributed by atoms with Crippen LogP contribution in [-0.2, 0) is 17.7 Å². The van der Waals surface area contributed by atoms with Gasteiger partial charge in [-0.1, -0.05) is 0 Å². The molecule has 6 atom stereocenters. The first-order valence-corrected chi connectivity index (χ1v) is 17.1. The molecule has 4 saturated carbocycles. The number of fused-ring (bicyclic) bond motifs is 4. The van der Waals surface area contributed by atoms with Crippen molar-refractivity contribution in [2.75, 3.05) is 0 Å². The van der Waals surface area contributed by atoms with Gasteiger partial charge in [-0.15, -0.1) is 0 Å². The second-order valence-corrected chi connectivity index (χ2v) is 15.0. The van der Waals surface area contributed by atoms with E-state index >= 15 is 0 Å². The Bertz CT molecular complexity index is 1380. The van der Waals surface area contributed by atoms with Gasteiger partial charge in [0.2, 0.25) is 0 Å². The summed E-state index contributed by atoms with van der Waals surface area (Å²) in [7, 11) is 0. The van der Waals surface area contributed by atoms with E-state index in [0.29, 0.717) is 11.8 Å². The molecule has 0 spiro atoms. The van der Waals surface area contributed by atoms with Gasteiger partial charge >= 0.3 is 240 Å². The average molecular weight is 691 g/mol.